The van der Waals surface area contributed by atoms with Crippen LogP contribution in [-0.4, -0.2) is 29.0 Å². The van der Waals surface area contributed by atoms with Crippen molar-refractivity contribution < 1.29 is 18.0 Å². The number of amides is 1. The quantitative estimate of drug-likeness (QED) is 0.608. The molecule has 0 saturated carbocycles. The number of halogens is 5. The summed E-state index contributed by atoms with van der Waals surface area (Å²) in [5.74, 6) is 4.13. The molecule has 0 aliphatic carbocycles. The summed E-state index contributed by atoms with van der Waals surface area (Å²) < 4.78 is 37.9. The number of nitrogens with two attached hydrogens (primary N) is 2. The topological polar surface area (TPSA) is 107 Å². The van der Waals surface area contributed by atoms with Crippen LogP contribution < -0.4 is 16.8 Å². The van der Waals surface area contributed by atoms with E-state index < -0.39 is 12.0 Å². The van der Waals surface area contributed by atoms with Gasteiger partial charge in [-0.25, -0.2) is 9.97 Å². The number of benzene rings is 1. The van der Waals surface area contributed by atoms with E-state index >= 15 is 0 Å². The van der Waals surface area contributed by atoms with E-state index in [1.807, 2.05) is 0 Å². The van der Waals surface area contributed by atoms with Gasteiger partial charge in [-0.1, -0.05) is 17.9 Å². The third kappa shape index (κ3) is 7.87. The van der Waals surface area contributed by atoms with Gasteiger partial charge < -0.3 is 16.8 Å². The normalized spacial score (nSPS) is 10.1. The lowest BCUT2D eigenvalue weighted by molar-refractivity contribution is -0.145. The van der Waals surface area contributed by atoms with Crippen molar-refractivity contribution in [2.45, 2.75) is 19.0 Å². The van der Waals surface area contributed by atoms with Gasteiger partial charge in [-0.15, -0.1) is 24.8 Å². The molecule has 1 aromatic carbocycles. The van der Waals surface area contributed by atoms with E-state index in [0.717, 1.165) is 12.4 Å². The molecular formula is C18H20Cl2F3N5O. The van der Waals surface area contributed by atoms with Gasteiger partial charge in [0.15, 0.2) is 0 Å². The van der Waals surface area contributed by atoms with E-state index in [9.17, 15) is 18.0 Å². The van der Waals surface area contributed by atoms with Gasteiger partial charge in [0.2, 0.25) is 11.7 Å². The molecular weight excluding hydrogens is 430 g/mol. The summed E-state index contributed by atoms with van der Waals surface area (Å²) >= 11 is 0. The lowest BCUT2D eigenvalue weighted by Gasteiger charge is -2.10. The Morgan fingerprint density at radius 1 is 1.14 bits per heavy atom. The second-order valence-electron chi connectivity index (χ2n) is 5.50. The molecule has 0 radical (unpaired) electrons. The van der Waals surface area contributed by atoms with Gasteiger partial charge in [0.05, 0.1) is 6.54 Å². The number of carbonyl (C=O) groups excluding carboxylic acids is 1. The molecule has 11 heteroatoms. The van der Waals surface area contributed by atoms with Crippen LogP contribution in [0.2, 0.25) is 0 Å². The minimum absolute atomic E-state index is 0. The molecule has 0 fully saturated rings. The third-order valence-corrected chi connectivity index (χ3v) is 3.45. The van der Waals surface area contributed by atoms with Gasteiger partial charge in [-0.2, -0.15) is 13.2 Å². The Hall–Kier alpha value is -2.38. The molecule has 5 N–H and O–H groups in total. The molecule has 0 aliphatic heterocycles. The third-order valence-electron chi connectivity index (χ3n) is 3.45. The second kappa shape index (κ2) is 12.2. The van der Waals surface area contributed by atoms with Crippen LogP contribution in [0.1, 0.15) is 24.2 Å². The molecule has 0 bridgehead atoms. The summed E-state index contributed by atoms with van der Waals surface area (Å²) in [6.07, 6.45) is -1.60. The first-order valence-electron chi connectivity index (χ1n) is 8.07. The fraction of sp³-hybridized carbons (Fsp3) is 0.278. The number of hydrogen-bond acceptors (Lipinski definition) is 5. The van der Waals surface area contributed by atoms with Gasteiger partial charge in [0, 0.05) is 41.2 Å². The average molecular weight is 450 g/mol. The van der Waals surface area contributed by atoms with Crippen molar-refractivity contribution in [3.63, 3.8) is 0 Å². The van der Waals surface area contributed by atoms with Gasteiger partial charge in [0.1, 0.15) is 0 Å². The van der Waals surface area contributed by atoms with E-state index in [4.69, 9.17) is 11.5 Å². The molecule has 0 saturated heterocycles. The van der Waals surface area contributed by atoms with Crippen molar-refractivity contribution >= 4 is 36.4 Å². The van der Waals surface area contributed by atoms with Crippen molar-refractivity contribution in [1.82, 2.24) is 9.97 Å². The van der Waals surface area contributed by atoms with Crippen molar-refractivity contribution in [1.29, 1.82) is 0 Å². The second-order valence-corrected chi connectivity index (χ2v) is 5.50. The maximum absolute atomic E-state index is 12.6. The molecule has 158 valence electrons. The molecule has 1 aromatic heterocycles. The lowest BCUT2D eigenvalue weighted by Crippen LogP contribution is -2.13. The highest BCUT2D eigenvalue weighted by atomic mass is 35.5. The van der Waals surface area contributed by atoms with Crippen LogP contribution >= 0.6 is 24.8 Å². The van der Waals surface area contributed by atoms with E-state index in [0.29, 0.717) is 35.3 Å². The van der Waals surface area contributed by atoms with Crippen LogP contribution in [0, 0.1) is 11.8 Å². The molecule has 1 amide bonds. The van der Waals surface area contributed by atoms with Gasteiger partial charge in [-0.05, 0) is 25.1 Å². The summed E-state index contributed by atoms with van der Waals surface area (Å²) in [7, 11) is 0. The average Bonchev–Trinajstić information content (AvgIpc) is 2.64. The number of alkyl halides is 3. The van der Waals surface area contributed by atoms with Gasteiger partial charge in [0.25, 0.3) is 0 Å². The Labute approximate surface area is 178 Å². The zero-order valence-electron chi connectivity index (χ0n) is 15.1. The van der Waals surface area contributed by atoms with Crippen molar-refractivity contribution in [2.75, 3.05) is 18.4 Å². The van der Waals surface area contributed by atoms with Crippen LogP contribution in [0.25, 0.3) is 11.1 Å². The highest BCUT2D eigenvalue weighted by Crippen LogP contribution is 2.29. The molecule has 6 nitrogen and oxygen atoms in total. The largest absolute Gasteiger partial charge is 0.451 e. The number of nitrogens with one attached hydrogen (secondary N) is 1. The predicted molar refractivity (Wildman–Crippen MR) is 110 cm³/mol. The van der Waals surface area contributed by atoms with Crippen molar-refractivity contribution in [2.24, 2.45) is 11.5 Å². The van der Waals surface area contributed by atoms with E-state index in [-0.39, 0.29) is 43.7 Å². The number of aromatic nitrogens is 2. The minimum atomic E-state index is -4.61. The molecule has 2 aromatic rings. The molecule has 0 atom stereocenters. The fourth-order valence-corrected chi connectivity index (χ4v) is 2.22. The van der Waals surface area contributed by atoms with Gasteiger partial charge in [-0.3, -0.25) is 4.79 Å². The number of rotatable bonds is 5. The molecule has 0 aliphatic rings. The van der Waals surface area contributed by atoms with E-state index in [1.54, 1.807) is 18.2 Å². The summed E-state index contributed by atoms with van der Waals surface area (Å²) in [5, 5.41) is 2.73. The Balaban J connectivity index is 0.00000392. The summed E-state index contributed by atoms with van der Waals surface area (Å²) in [5.41, 5.74) is 12.7. The van der Waals surface area contributed by atoms with E-state index in [1.165, 1.54) is 0 Å². The zero-order chi connectivity index (χ0) is 19.9. The van der Waals surface area contributed by atoms with Crippen molar-refractivity contribution in [3.05, 3.63) is 42.0 Å². The highest BCUT2D eigenvalue weighted by molar-refractivity contribution is 5.91. The first-order valence-corrected chi connectivity index (χ1v) is 8.07. The maximum atomic E-state index is 12.6. The minimum Gasteiger partial charge on any atom is -0.330 e. The highest BCUT2D eigenvalue weighted by Gasteiger charge is 2.34. The van der Waals surface area contributed by atoms with Crippen LogP contribution in [0.3, 0.4) is 0 Å². The van der Waals surface area contributed by atoms with Gasteiger partial charge >= 0.3 is 6.18 Å². The fourth-order valence-electron chi connectivity index (χ4n) is 2.22. The smallest absolute Gasteiger partial charge is 0.330 e. The lowest BCUT2D eigenvalue weighted by atomic mass is 10.0. The Morgan fingerprint density at radius 3 is 2.34 bits per heavy atom. The molecule has 0 spiro atoms. The standard InChI is InChI=1S/C18H18F3N5O.2ClH/c19-18(20,21)17-24-10-13(11-25-17)15-6-5-14(9-12(15)3-1-7-22)26-16(27)4-2-8-23;;/h5-6,9-11H,2,4,7-8,22-23H2,(H,26,27);2*1H. The molecule has 29 heavy (non-hydrogen) atoms. The SMILES string of the molecule is Cl.Cl.NCC#Cc1cc(NC(=O)CCCN)ccc1-c1cnc(C(F)(F)F)nc1. The monoisotopic (exact) mass is 449 g/mol. The Bertz CT molecular complexity index is 865. The van der Waals surface area contributed by atoms with Crippen LogP contribution in [0.4, 0.5) is 18.9 Å². The number of anilines is 1. The Morgan fingerprint density at radius 2 is 1.79 bits per heavy atom. The first kappa shape index (κ1) is 26.6. The molecule has 2 rings (SSSR count). The summed E-state index contributed by atoms with van der Waals surface area (Å²) in [6, 6.07) is 4.88. The number of hydrogen-bond donors (Lipinski definition) is 3. The number of nitrogens with zero attached hydrogens (tertiary/aromatic N) is 2. The van der Waals surface area contributed by atoms with Crippen LogP contribution in [-0.2, 0) is 11.0 Å². The maximum Gasteiger partial charge on any atom is 0.451 e. The first-order chi connectivity index (χ1) is 12.8. The predicted octanol–water partition coefficient (Wildman–Crippen LogP) is 2.99. The van der Waals surface area contributed by atoms with Crippen molar-refractivity contribution in [3.8, 4) is 23.0 Å². The Kier molecular flexibility index (Phi) is 11.2. The van der Waals surface area contributed by atoms with Crippen LogP contribution in [0.15, 0.2) is 30.6 Å². The van der Waals surface area contributed by atoms with E-state index in [2.05, 4.69) is 27.1 Å². The van der Waals surface area contributed by atoms with Crippen LogP contribution in [0.5, 0.6) is 0 Å². The summed E-state index contributed by atoms with van der Waals surface area (Å²) in [4.78, 5) is 18.6. The zero-order valence-corrected chi connectivity index (χ0v) is 16.8. The molecule has 0 unspecified atom stereocenters. The molecule has 1 heterocycles. The number of carbonyl (C=O) groups is 1. The summed E-state index contributed by atoms with van der Waals surface area (Å²) in [6.45, 7) is 0.517.